The molecule has 0 spiro atoms. The third kappa shape index (κ3) is 5.03. The molecule has 4 aromatic rings. The van der Waals surface area contributed by atoms with E-state index in [1.54, 1.807) is 36.4 Å². The van der Waals surface area contributed by atoms with Gasteiger partial charge in [-0.05, 0) is 72.9 Å². The van der Waals surface area contributed by atoms with Crippen molar-refractivity contribution in [2.45, 2.75) is 0 Å². The van der Waals surface area contributed by atoms with E-state index in [1.165, 1.54) is 29.2 Å². The zero-order valence-electron chi connectivity index (χ0n) is 19.3. The van der Waals surface area contributed by atoms with E-state index >= 15 is 0 Å². The Kier molecular flexibility index (Phi) is 6.73. The predicted molar refractivity (Wildman–Crippen MR) is 145 cm³/mol. The van der Waals surface area contributed by atoms with Crippen LogP contribution in [0.1, 0.15) is 5.76 Å². The second kappa shape index (κ2) is 10.3. The summed E-state index contributed by atoms with van der Waals surface area (Å²) in [5.74, 6) is 0.417. The van der Waals surface area contributed by atoms with Crippen molar-refractivity contribution in [3.8, 4) is 22.8 Å². The highest BCUT2D eigenvalue weighted by Crippen LogP contribution is 2.33. The summed E-state index contributed by atoms with van der Waals surface area (Å²) in [6, 6.07) is 23.0. The maximum atomic E-state index is 13.3. The number of para-hydroxylation sites is 1. The summed E-state index contributed by atoms with van der Waals surface area (Å²) in [5, 5.41) is 13.5. The van der Waals surface area contributed by atoms with Gasteiger partial charge >= 0.3 is 0 Å². The van der Waals surface area contributed by atoms with E-state index in [0.29, 0.717) is 28.5 Å². The molecule has 3 aromatic carbocycles. The van der Waals surface area contributed by atoms with E-state index in [2.05, 4.69) is 5.32 Å². The number of benzene rings is 3. The third-order valence-electron chi connectivity index (χ3n) is 5.52. The number of amides is 2. The Labute approximate surface area is 226 Å². The Morgan fingerprint density at radius 2 is 1.68 bits per heavy atom. The largest absolute Gasteiger partial charge is 0.457 e. The topological polar surface area (TPSA) is 115 Å². The van der Waals surface area contributed by atoms with E-state index in [0.717, 1.165) is 0 Å². The van der Waals surface area contributed by atoms with Gasteiger partial charge in [-0.2, -0.15) is 0 Å². The molecule has 1 fully saturated rings. The molecular formula is C27H16ClN3O6S. The van der Waals surface area contributed by atoms with Gasteiger partial charge in [-0.15, -0.1) is 0 Å². The Bertz CT molecular complexity index is 1620. The maximum Gasteiger partial charge on any atom is 0.270 e. The number of hydrogen-bond acceptors (Lipinski definition) is 7. The molecule has 1 N–H and O–H groups in total. The average molecular weight is 546 g/mol. The number of hydrogen-bond donors (Lipinski definition) is 1. The lowest BCUT2D eigenvalue weighted by Crippen LogP contribution is -2.54. The molecule has 0 atom stereocenters. The normalized spacial score (nSPS) is 14.5. The minimum atomic E-state index is -0.674. The molecule has 11 heteroatoms. The van der Waals surface area contributed by atoms with Crippen LogP contribution in [0.15, 0.2) is 94.9 Å². The first-order valence-corrected chi connectivity index (χ1v) is 11.9. The van der Waals surface area contributed by atoms with Gasteiger partial charge in [0, 0.05) is 17.7 Å². The quantitative estimate of drug-likeness (QED) is 0.102. The van der Waals surface area contributed by atoms with Crippen LogP contribution in [-0.2, 0) is 9.59 Å². The molecule has 0 radical (unpaired) electrons. The third-order valence-corrected chi connectivity index (χ3v) is 6.12. The Morgan fingerprint density at radius 1 is 0.974 bits per heavy atom. The molecule has 188 valence electrons. The van der Waals surface area contributed by atoms with Gasteiger partial charge in [-0.1, -0.05) is 29.8 Å². The second-order valence-electron chi connectivity index (χ2n) is 7.99. The Morgan fingerprint density at radius 3 is 2.37 bits per heavy atom. The number of nitro benzene ring substituents is 1. The number of nitrogens with zero attached hydrogens (tertiary/aromatic N) is 2. The van der Waals surface area contributed by atoms with Gasteiger partial charge in [0.1, 0.15) is 28.6 Å². The van der Waals surface area contributed by atoms with E-state index < -0.39 is 16.7 Å². The summed E-state index contributed by atoms with van der Waals surface area (Å²) in [5.41, 5.74) is 0.498. The van der Waals surface area contributed by atoms with Crippen LogP contribution in [0.5, 0.6) is 11.5 Å². The van der Waals surface area contributed by atoms with Gasteiger partial charge < -0.3 is 9.15 Å². The molecule has 9 nitrogen and oxygen atoms in total. The number of carbonyl (C=O) groups is 2. The molecular weight excluding hydrogens is 530 g/mol. The summed E-state index contributed by atoms with van der Waals surface area (Å²) in [7, 11) is 0. The fraction of sp³-hybridized carbons (Fsp3) is 0. The standard InChI is InChI=1S/C27H16ClN3O6S/c28-23-14-17(31(34)35)8-12-21(23)24-13-11-20(37-24)15-22-25(32)29-27(38)30(26(22)33)16-6-9-19(10-7-16)36-18-4-2-1-3-5-18/h1-15H,(H,29,32,38)/b22-15+. The van der Waals surface area contributed by atoms with Crippen molar-refractivity contribution in [2.24, 2.45) is 0 Å². The lowest BCUT2D eigenvalue weighted by molar-refractivity contribution is -0.384. The number of ether oxygens (including phenoxy) is 1. The lowest BCUT2D eigenvalue weighted by atomic mass is 10.1. The van der Waals surface area contributed by atoms with Gasteiger partial charge in [0.15, 0.2) is 5.11 Å². The molecule has 1 aromatic heterocycles. The number of rotatable bonds is 6. The summed E-state index contributed by atoms with van der Waals surface area (Å²) in [6.45, 7) is 0. The van der Waals surface area contributed by atoms with Crippen LogP contribution < -0.4 is 15.0 Å². The molecule has 5 rings (SSSR count). The highest BCUT2D eigenvalue weighted by Gasteiger charge is 2.34. The van der Waals surface area contributed by atoms with Gasteiger partial charge in [0.05, 0.1) is 15.6 Å². The number of furan rings is 1. The molecule has 1 saturated heterocycles. The van der Waals surface area contributed by atoms with Crippen LogP contribution in [0.25, 0.3) is 17.4 Å². The minimum absolute atomic E-state index is 0.0633. The van der Waals surface area contributed by atoms with Crippen molar-refractivity contribution in [1.82, 2.24) is 5.32 Å². The predicted octanol–water partition coefficient (Wildman–Crippen LogP) is 6.13. The highest BCUT2D eigenvalue weighted by molar-refractivity contribution is 7.80. The van der Waals surface area contributed by atoms with Gasteiger partial charge in [0.25, 0.3) is 17.5 Å². The molecule has 2 heterocycles. The fourth-order valence-electron chi connectivity index (χ4n) is 3.71. The molecule has 0 unspecified atom stereocenters. The minimum Gasteiger partial charge on any atom is -0.457 e. The van der Waals surface area contributed by atoms with Crippen LogP contribution >= 0.6 is 23.8 Å². The van der Waals surface area contributed by atoms with E-state index in [-0.39, 0.29) is 27.2 Å². The van der Waals surface area contributed by atoms with Crippen LogP contribution in [-0.4, -0.2) is 21.9 Å². The second-order valence-corrected chi connectivity index (χ2v) is 8.78. The number of nitrogens with one attached hydrogen (secondary N) is 1. The summed E-state index contributed by atoms with van der Waals surface area (Å²) in [6.07, 6.45) is 1.29. The number of carbonyl (C=O) groups excluding carboxylic acids is 2. The zero-order valence-corrected chi connectivity index (χ0v) is 20.9. The lowest BCUT2D eigenvalue weighted by Gasteiger charge is -2.28. The number of nitro groups is 1. The number of non-ortho nitro benzene ring substituents is 1. The molecule has 1 aliphatic rings. The number of halogens is 1. The first kappa shape index (κ1) is 24.9. The summed E-state index contributed by atoms with van der Waals surface area (Å²) < 4.78 is 11.5. The van der Waals surface area contributed by atoms with Crippen LogP contribution in [0, 0.1) is 10.1 Å². The van der Waals surface area contributed by atoms with Crippen molar-refractivity contribution in [2.75, 3.05) is 4.90 Å². The SMILES string of the molecule is O=C1NC(=S)N(c2ccc(Oc3ccccc3)cc2)C(=O)/C1=C/c1ccc(-c2ccc([N+](=O)[O-])cc2Cl)o1. The molecule has 0 aliphatic carbocycles. The van der Waals surface area contributed by atoms with E-state index in [1.807, 2.05) is 30.3 Å². The first-order chi connectivity index (χ1) is 18.3. The van der Waals surface area contributed by atoms with Crippen LogP contribution in [0.4, 0.5) is 11.4 Å². The first-order valence-electron chi connectivity index (χ1n) is 11.1. The molecule has 1 aliphatic heterocycles. The van der Waals surface area contributed by atoms with Crippen molar-refractivity contribution in [1.29, 1.82) is 0 Å². The van der Waals surface area contributed by atoms with Gasteiger partial charge in [-0.25, -0.2) is 0 Å². The van der Waals surface area contributed by atoms with Crippen molar-refractivity contribution >= 4 is 58.2 Å². The monoisotopic (exact) mass is 545 g/mol. The van der Waals surface area contributed by atoms with Crippen molar-refractivity contribution < 1.29 is 23.7 Å². The average Bonchev–Trinajstić information content (AvgIpc) is 3.36. The Hall–Kier alpha value is -4.80. The molecule has 0 saturated carbocycles. The highest BCUT2D eigenvalue weighted by atomic mass is 35.5. The van der Waals surface area contributed by atoms with Gasteiger partial charge in [-0.3, -0.25) is 29.9 Å². The van der Waals surface area contributed by atoms with E-state index in [4.69, 9.17) is 33.0 Å². The molecule has 0 bridgehead atoms. The van der Waals surface area contributed by atoms with Crippen LogP contribution in [0.2, 0.25) is 5.02 Å². The Balaban J connectivity index is 1.39. The van der Waals surface area contributed by atoms with E-state index in [9.17, 15) is 19.7 Å². The summed E-state index contributed by atoms with van der Waals surface area (Å²) in [4.78, 5) is 37.5. The van der Waals surface area contributed by atoms with Crippen molar-refractivity contribution in [3.05, 3.63) is 111 Å². The maximum absolute atomic E-state index is 13.3. The van der Waals surface area contributed by atoms with Crippen molar-refractivity contribution in [3.63, 3.8) is 0 Å². The smallest absolute Gasteiger partial charge is 0.270 e. The fourth-order valence-corrected chi connectivity index (χ4v) is 4.26. The zero-order chi connectivity index (χ0) is 26.8. The van der Waals surface area contributed by atoms with Gasteiger partial charge in [0.2, 0.25) is 0 Å². The molecule has 38 heavy (non-hydrogen) atoms. The molecule has 2 amide bonds. The number of anilines is 1. The number of thiocarbonyl (C=S) groups is 1. The summed E-state index contributed by atoms with van der Waals surface area (Å²) >= 11 is 11.4. The van der Waals surface area contributed by atoms with Crippen LogP contribution in [0.3, 0.4) is 0 Å².